The Morgan fingerprint density at radius 1 is 0.452 bits per heavy atom. The summed E-state index contributed by atoms with van der Waals surface area (Å²) in [5, 5.41) is 7.29. The van der Waals surface area contributed by atoms with Crippen molar-refractivity contribution in [1.82, 2.24) is 9.97 Å². The summed E-state index contributed by atoms with van der Waals surface area (Å²) >= 11 is 1.80. The normalized spacial score (nSPS) is 11.9. The van der Waals surface area contributed by atoms with Crippen molar-refractivity contribution in [2.75, 3.05) is 0 Å². The first-order chi connectivity index (χ1) is 15.4. The number of thiophene rings is 1. The highest BCUT2D eigenvalue weighted by atomic mass is 32.1. The molecule has 0 atom stereocenters. The maximum Gasteiger partial charge on any atom is 0.0553 e. The van der Waals surface area contributed by atoms with Gasteiger partial charge in [-0.05, 0) is 23.6 Å². The van der Waals surface area contributed by atoms with Crippen molar-refractivity contribution in [2.24, 2.45) is 0 Å². The van der Waals surface area contributed by atoms with E-state index in [4.69, 9.17) is 0 Å². The fourth-order valence-electron chi connectivity index (χ4n) is 4.89. The van der Waals surface area contributed by atoms with Gasteiger partial charge in [-0.2, -0.15) is 0 Å². The Bertz CT molecular complexity index is 1620. The summed E-state index contributed by atoms with van der Waals surface area (Å²) in [5.74, 6) is 0. The number of nitrogens with one attached hydrogen (secondary N) is 2. The molecule has 0 radical (unpaired) electrons. The van der Waals surface area contributed by atoms with Crippen LogP contribution in [0.15, 0.2) is 96.4 Å². The van der Waals surface area contributed by atoms with E-state index in [-0.39, 0.29) is 0 Å². The molecule has 0 aliphatic rings. The van der Waals surface area contributed by atoms with Crippen molar-refractivity contribution in [2.45, 2.75) is 0 Å². The molecule has 0 bridgehead atoms. The maximum absolute atomic E-state index is 3.67. The number of hydrogen-bond donors (Lipinski definition) is 2. The van der Waals surface area contributed by atoms with Crippen LogP contribution in [-0.4, -0.2) is 9.97 Å². The molecule has 31 heavy (non-hydrogen) atoms. The van der Waals surface area contributed by atoms with E-state index >= 15 is 0 Å². The average molecular weight is 415 g/mol. The van der Waals surface area contributed by atoms with Crippen LogP contribution in [0.1, 0.15) is 0 Å². The first kappa shape index (κ1) is 16.9. The number of rotatable bonds is 2. The molecule has 0 aliphatic heterocycles. The molecule has 146 valence electrons. The molecule has 2 nitrogen and oxygen atoms in total. The van der Waals surface area contributed by atoms with Gasteiger partial charge in [-0.1, -0.05) is 72.8 Å². The average Bonchev–Trinajstić information content (AvgIpc) is 3.53. The minimum absolute atomic E-state index is 1.18. The number of hydrogen-bond acceptors (Lipinski definition) is 1. The van der Waals surface area contributed by atoms with Gasteiger partial charge in [0, 0.05) is 54.1 Å². The van der Waals surface area contributed by atoms with E-state index in [0.29, 0.717) is 0 Å². The Morgan fingerprint density at radius 3 is 1.68 bits per heavy atom. The summed E-state index contributed by atoms with van der Waals surface area (Å²) in [7, 11) is 0. The Labute approximate surface area is 182 Å². The van der Waals surface area contributed by atoms with E-state index in [0.717, 1.165) is 0 Å². The number of para-hydroxylation sites is 4. The van der Waals surface area contributed by atoms with Crippen molar-refractivity contribution < 1.29 is 0 Å². The second-order valence-corrected chi connectivity index (χ2v) is 8.88. The molecule has 3 heterocycles. The zero-order valence-electron chi connectivity index (χ0n) is 16.6. The lowest BCUT2D eigenvalue weighted by Crippen LogP contribution is -1.83. The molecule has 0 unspecified atom stereocenters. The molecule has 2 N–H and O–H groups in total. The number of H-pyrrole nitrogens is 2. The van der Waals surface area contributed by atoms with E-state index < -0.39 is 0 Å². The van der Waals surface area contributed by atoms with Crippen molar-refractivity contribution in [3.05, 3.63) is 96.4 Å². The molecule has 0 amide bonds. The van der Waals surface area contributed by atoms with E-state index in [1.54, 1.807) is 11.3 Å². The third-order valence-electron chi connectivity index (χ3n) is 6.28. The van der Waals surface area contributed by atoms with Gasteiger partial charge in [0.1, 0.15) is 0 Å². The highest BCUT2D eigenvalue weighted by Crippen LogP contribution is 2.43. The molecule has 4 aromatic carbocycles. The van der Waals surface area contributed by atoms with Crippen LogP contribution in [-0.2, 0) is 0 Å². The Hall–Kier alpha value is -3.82. The second kappa shape index (κ2) is 6.34. The predicted molar refractivity (Wildman–Crippen MR) is 134 cm³/mol. The summed E-state index contributed by atoms with van der Waals surface area (Å²) in [4.78, 5) is 8.63. The van der Waals surface area contributed by atoms with Crippen LogP contribution in [0.25, 0.3) is 65.2 Å². The first-order valence-corrected chi connectivity index (χ1v) is 11.3. The molecule has 0 saturated carbocycles. The highest BCUT2D eigenvalue weighted by molar-refractivity contribution is 7.14. The van der Waals surface area contributed by atoms with Crippen LogP contribution >= 0.6 is 11.3 Å². The van der Waals surface area contributed by atoms with Gasteiger partial charge in [0.25, 0.3) is 0 Å². The van der Waals surface area contributed by atoms with Crippen molar-refractivity contribution in [1.29, 1.82) is 0 Å². The molecular formula is C28H18N2S. The van der Waals surface area contributed by atoms with Crippen LogP contribution in [0.3, 0.4) is 0 Å². The van der Waals surface area contributed by atoms with Crippen LogP contribution in [0.4, 0.5) is 0 Å². The van der Waals surface area contributed by atoms with Gasteiger partial charge in [0.15, 0.2) is 0 Å². The molecule has 0 aliphatic carbocycles. The summed E-state index contributed by atoms with van der Waals surface area (Å²) in [6.07, 6.45) is 0. The lowest BCUT2D eigenvalue weighted by molar-refractivity contribution is 1.53. The van der Waals surface area contributed by atoms with Crippen LogP contribution in [0.5, 0.6) is 0 Å². The summed E-state index contributed by atoms with van der Waals surface area (Å²) < 4.78 is 0. The van der Waals surface area contributed by atoms with Gasteiger partial charge in [0.2, 0.25) is 0 Å². The number of benzene rings is 4. The van der Waals surface area contributed by atoms with Gasteiger partial charge in [0.05, 0.1) is 11.0 Å². The first-order valence-electron chi connectivity index (χ1n) is 10.5. The zero-order chi connectivity index (χ0) is 20.4. The van der Waals surface area contributed by atoms with Crippen LogP contribution in [0, 0.1) is 0 Å². The number of aromatic nitrogens is 2. The van der Waals surface area contributed by atoms with Crippen molar-refractivity contribution >= 4 is 54.9 Å². The molecule has 0 spiro atoms. The second-order valence-electron chi connectivity index (χ2n) is 7.96. The predicted octanol–water partition coefficient (Wildman–Crippen LogP) is 8.35. The monoisotopic (exact) mass is 414 g/mol. The molecule has 3 heteroatoms. The third kappa shape index (κ3) is 2.38. The highest BCUT2D eigenvalue weighted by Gasteiger charge is 2.17. The van der Waals surface area contributed by atoms with Crippen LogP contribution in [0.2, 0.25) is 0 Å². The lowest BCUT2D eigenvalue weighted by atomic mass is 9.99. The van der Waals surface area contributed by atoms with Crippen molar-refractivity contribution in [3.63, 3.8) is 0 Å². The Balaban J connectivity index is 1.52. The quantitative estimate of drug-likeness (QED) is 0.285. The standard InChI is InChI=1S/C28H18N2S/c1-3-13-24-17(7-1)19-9-5-11-21(26(19)29-24)22-15-16-31-28(22)23-12-6-10-20-18-8-2-4-14-25(18)30-27(20)23/h1-16,29-30H. The van der Waals surface area contributed by atoms with Gasteiger partial charge in [-0.3, -0.25) is 0 Å². The van der Waals surface area contributed by atoms with E-state index in [9.17, 15) is 0 Å². The molecule has 0 fully saturated rings. The maximum atomic E-state index is 3.67. The largest absolute Gasteiger partial charge is 0.354 e. The van der Waals surface area contributed by atoms with Gasteiger partial charge < -0.3 is 9.97 Å². The van der Waals surface area contributed by atoms with Gasteiger partial charge in [-0.25, -0.2) is 0 Å². The fourth-order valence-corrected chi connectivity index (χ4v) is 5.83. The molecule has 7 rings (SSSR count). The SMILES string of the molecule is c1ccc2c(c1)[nH]c1c(-c3ccsc3-c3cccc4c3[nH]c3ccccc34)cccc12. The number of aromatic amines is 2. The zero-order valence-corrected chi connectivity index (χ0v) is 17.5. The van der Waals surface area contributed by atoms with Gasteiger partial charge >= 0.3 is 0 Å². The van der Waals surface area contributed by atoms with E-state index in [2.05, 4.69) is 106 Å². The minimum Gasteiger partial charge on any atom is -0.354 e. The lowest BCUT2D eigenvalue weighted by Gasteiger charge is -2.08. The Morgan fingerprint density at radius 2 is 1.00 bits per heavy atom. The van der Waals surface area contributed by atoms with E-state index in [1.807, 2.05) is 0 Å². The van der Waals surface area contributed by atoms with Gasteiger partial charge in [-0.15, -0.1) is 11.3 Å². The fraction of sp³-hybridized carbons (Fsp3) is 0. The molecular weight excluding hydrogens is 396 g/mol. The summed E-state index contributed by atoms with van der Waals surface area (Å²) in [6.45, 7) is 0. The van der Waals surface area contributed by atoms with Crippen LogP contribution < -0.4 is 0 Å². The molecule has 3 aromatic heterocycles. The van der Waals surface area contributed by atoms with Crippen molar-refractivity contribution in [3.8, 4) is 21.6 Å². The Kier molecular flexibility index (Phi) is 3.46. The topological polar surface area (TPSA) is 31.6 Å². The van der Waals surface area contributed by atoms with E-state index in [1.165, 1.54) is 65.2 Å². The molecule has 0 saturated heterocycles. The minimum atomic E-state index is 1.18. The summed E-state index contributed by atoms with van der Waals surface area (Å²) in [5.41, 5.74) is 8.54. The number of fused-ring (bicyclic) bond motifs is 6. The molecule has 7 aromatic rings. The third-order valence-corrected chi connectivity index (χ3v) is 7.23. The summed E-state index contributed by atoms with van der Waals surface area (Å²) in [6, 6.07) is 32.6. The smallest absolute Gasteiger partial charge is 0.0553 e.